The third kappa shape index (κ3) is 2.90. The van der Waals surface area contributed by atoms with Gasteiger partial charge in [0.1, 0.15) is 17.5 Å². The molecule has 2 aliphatic carbocycles. The topological polar surface area (TPSA) is 45.3 Å². The molecule has 0 unspecified atom stereocenters. The van der Waals surface area contributed by atoms with Crippen LogP contribution in [0.25, 0.3) is 0 Å². The molecule has 7 atom stereocenters. The van der Waals surface area contributed by atoms with Crippen LogP contribution in [0.15, 0.2) is 24.3 Å². The number of carbonyl (C=O) groups excluding carboxylic acids is 1. The van der Waals surface area contributed by atoms with Crippen molar-refractivity contribution in [3.8, 4) is 0 Å². The van der Waals surface area contributed by atoms with Gasteiger partial charge in [-0.05, 0) is 50.7 Å². The molecule has 31 heavy (non-hydrogen) atoms. The van der Waals surface area contributed by atoms with E-state index in [9.17, 15) is 9.18 Å². The maximum absolute atomic E-state index is 14.2. The third-order valence-corrected chi connectivity index (χ3v) is 9.11. The Labute approximate surface area is 183 Å². The van der Waals surface area contributed by atoms with Crippen LogP contribution in [0.5, 0.6) is 0 Å². The van der Waals surface area contributed by atoms with E-state index in [1.54, 1.807) is 6.07 Å². The van der Waals surface area contributed by atoms with Gasteiger partial charge in [-0.25, -0.2) is 4.39 Å². The van der Waals surface area contributed by atoms with Gasteiger partial charge in [-0.15, -0.1) is 0 Å². The maximum Gasteiger partial charge on any atom is 0.311 e. The van der Waals surface area contributed by atoms with E-state index in [-0.39, 0.29) is 35.3 Å². The van der Waals surface area contributed by atoms with Crippen molar-refractivity contribution in [2.45, 2.75) is 56.8 Å². The summed E-state index contributed by atoms with van der Waals surface area (Å²) >= 11 is 0. The van der Waals surface area contributed by atoms with E-state index in [1.165, 1.54) is 12.5 Å². The second-order valence-electron chi connectivity index (χ2n) is 10.7. The minimum absolute atomic E-state index is 0.0135. The number of nitrogens with zero attached hydrogens (tertiary/aromatic N) is 2. The summed E-state index contributed by atoms with van der Waals surface area (Å²) in [6, 6.07) is 6.99. The van der Waals surface area contributed by atoms with Gasteiger partial charge in [-0.2, -0.15) is 0 Å². The van der Waals surface area contributed by atoms with Crippen LogP contribution in [0.2, 0.25) is 0 Å². The number of para-hydroxylation sites is 1. The van der Waals surface area contributed by atoms with Crippen LogP contribution in [-0.2, 0) is 14.3 Å². The average Bonchev–Trinajstić information content (AvgIpc) is 3.39. The number of halogens is 1. The molecule has 6 heteroatoms. The van der Waals surface area contributed by atoms with Gasteiger partial charge < -0.3 is 14.4 Å². The second kappa shape index (κ2) is 6.92. The van der Waals surface area contributed by atoms with Crippen LogP contribution in [0.4, 0.5) is 10.1 Å². The number of hydrogen-bond acceptors (Lipinski definition) is 5. The minimum Gasteiger partial charge on any atom is -0.455 e. The Morgan fingerprint density at radius 2 is 1.87 bits per heavy atom. The third-order valence-electron chi connectivity index (χ3n) is 9.11. The fourth-order valence-electron chi connectivity index (χ4n) is 7.42. The fraction of sp³-hybridized carbons (Fsp3) is 0.720. The summed E-state index contributed by atoms with van der Waals surface area (Å²) in [6.45, 7) is 8.52. The largest absolute Gasteiger partial charge is 0.455 e. The lowest BCUT2D eigenvalue weighted by atomic mass is 9.55. The van der Waals surface area contributed by atoms with Crippen molar-refractivity contribution >= 4 is 11.7 Å². The molecule has 5 fully saturated rings. The van der Waals surface area contributed by atoms with Gasteiger partial charge in [0.25, 0.3) is 0 Å². The highest BCUT2D eigenvalue weighted by molar-refractivity contribution is 5.77. The molecule has 3 heterocycles. The zero-order valence-electron chi connectivity index (χ0n) is 18.6. The lowest BCUT2D eigenvalue weighted by Gasteiger charge is -2.50. The number of rotatable bonds is 3. The normalized spacial score (nSPS) is 44.3. The molecule has 1 spiro atoms. The maximum atomic E-state index is 14.2. The van der Waals surface area contributed by atoms with Crippen molar-refractivity contribution in [3.63, 3.8) is 0 Å². The molecule has 1 aromatic rings. The van der Waals surface area contributed by atoms with Crippen LogP contribution >= 0.6 is 0 Å². The Morgan fingerprint density at radius 3 is 2.65 bits per heavy atom. The van der Waals surface area contributed by atoms with Crippen LogP contribution in [-0.4, -0.2) is 60.9 Å². The molecular weight excluding hydrogens is 395 g/mol. The summed E-state index contributed by atoms with van der Waals surface area (Å²) in [5, 5.41) is 0. The quantitative estimate of drug-likeness (QED) is 0.545. The van der Waals surface area contributed by atoms with Crippen LogP contribution in [0.1, 0.15) is 39.5 Å². The highest BCUT2D eigenvalue weighted by Gasteiger charge is 2.77. The molecule has 5 aliphatic rings. The van der Waals surface area contributed by atoms with E-state index in [1.807, 2.05) is 12.1 Å². The number of piperazine rings is 1. The molecule has 5 nitrogen and oxygen atoms in total. The Bertz CT molecular complexity index is 887. The number of fused-ring (bicyclic) bond motifs is 1. The molecule has 3 saturated heterocycles. The Kier molecular flexibility index (Phi) is 4.46. The summed E-state index contributed by atoms with van der Waals surface area (Å²) in [5.41, 5.74) is 0.186. The van der Waals surface area contributed by atoms with Crippen LogP contribution in [0, 0.1) is 29.5 Å². The minimum atomic E-state index is -0.401. The molecule has 0 aromatic heterocycles. The van der Waals surface area contributed by atoms with E-state index in [0.29, 0.717) is 17.5 Å². The summed E-state index contributed by atoms with van der Waals surface area (Å²) in [6.07, 6.45) is 4.50. The number of anilines is 1. The molecular formula is C25H33FN2O3. The SMILES string of the molecule is C[C@@H]1CC[C@H]2[C@H](CN3CCN(c4ccccc4F)CC3)C(=O)O[C@@]23[C@@H]1CC[C@@]1(C)O[C@H]31. The summed E-state index contributed by atoms with van der Waals surface area (Å²) < 4.78 is 26.7. The van der Waals surface area contributed by atoms with Crippen molar-refractivity contribution in [3.05, 3.63) is 30.1 Å². The van der Waals surface area contributed by atoms with Crippen molar-refractivity contribution in [1.82, 2.24) is 4.90 Å². The molecule has 3 aliphatic heterocycles. The number of ether oxygens (including phenoxy) is 2. The Hall–Kier alpha value is -1.66. The number of carbonyl (C=O) groups is 1. The standard InChI is InChI=1S/C25H33FN2O3/c1-16-7-8-19-17(22(29)30-25(19)18(16)9-10-24(2)23(25)31-24)15-27-11-13-28(14-12-27)21-6-4-3-5-20(21)26/h3-6,16-19,23H,7-15H2,1-2H3/t16-,17+,18-,19+,23+,24-,25+/m1/s1. The molecule has 1 aromatic carbocycles. The highest BCUT2D eigenvalue weighted by Crippen LogP contribution is 2.66. The molecule has 0 N–H and O–H groups in total. The first-order valence-electron chi connectivity index (χ1n) is 12.0. The second-order valence-corrected chi connectivity index (χ2v) is 10.7. The number of benzene rings is 1. The van der Waals surface area contributed by atoms with E-state index >= 15 is 0 Å². The van der Waals surface area contributed by atoms with Crippen molar-refractivity contribution in [1.29, 1.82) is 0 Å². The van der Waals surface area contributed by atoms with E-state index in [2.05, 4.69) is 23.6 Å². The zero-order chi connectivity index (χ0) is 21.4. The van der Waals surface area contributed by atoms with Gasteiger partial charge in [0, 0.05) is 44.6 Å². The molecule has 168 valence electrons. The molecule has 2 saturated carbocycles. The van der Waals surface area contributed by atoms with Crippen molar-refractivity contribution in [2.24, 2.45) is 23.7 Å². The van der Waals surface area contributed by atoms with E-state index < -0.39 is 5.60 Å². The first-order valence-corrected chi connectivity index (χ1v) is 12.0. The van der Waals surface area contributed by atoms with Gasteiger partial charge in [0.05, 0.1) is 17.2 Å². The van der Waals surface area contributed by atoms with Gasteiger partial charge in [0.15, 0.2) is 0 Å². The predicted molar refractivity (Wildman–Crippen MR) is 115 cm³/mol. The molecule has 0 radical (unpaired) electrons. The van der Waals surface area contributed by atoms with Crippen LogP contribution in [0.3, 0.4) is 0 Å². The van der Waals surface area contributed by atoms with Crippen LogP contribution < -0.4 is 4.90 Å². The number of hydrogen-bond donors (Lipinski definition) is 0. The number of esters is 1. The molecule has 0 amide bonds. The summed E-state index contributed by atoms with van der Waals surface area (Å²) in [4.78, 5) is 17.7. The van der Waals surface area contributed by atoms with Gasteiger partial charge in [0.2, 0.25) is 0 Å². The Balaban J connectivity index is 1.17. The molecule has 0 bridgehead atoms. The summed E-state index contributed by atoms with van der Waals surface area (Å²) in [5.74, 6) is 1.03. The monoisotopic (exact) mass is 428 g/mol. The molecule has 6 rings (SSSR count). The lowest BCUT2D eigenvalue weighted by molar-refractivity contribution is -0.168. The Morgan fingerprint density at radius 1 is 1.10 bits per heavy atom. The smallest absolute Gasteiger partial charge is 0.311 e. The van der Waals surface area contributed by atoms with Crippen molar-refractivity contribution in [2.75, 3.05) is 37.6 Å². The predicted octanol–water partition coefficient (Wildman–Crippen LogP) is 3.47. The lowest BCUT2D eigenvalue weighted by Crippen LogP contribution is -2.58. The van der Waals surface area contributed by atoms with E-state index in [0.717, 1.165) is 52.0 Å². The first kappa shape index (κ1) is 20.0. The fourth-order valence-corrected chi connectivity index (χ4v) is 7.42. The van der Waals surface area contributed by atoms with E-state index in [4.69, 9.17) is 9.47 Å². The first-order chi connectivity index (χ1) is 14.9. The van der Waals surface area contributed by atoms with Crippen molar-refractivity contribution < 1.29 is 18.7 Å². The zero-order valence-corrected chi connectivity index (χ0v) is 18.6. The highest BCUT2D eigenvalue weighted by atomic mass is 19.1. The number of epoxide rings is 1. The van der Waals surface area contributed by atoms with Gasteiger partial charge in [-0.1, -0.05) is 19.1 Å². The average molecular weight is 429 g/mol. The van der Waals surface area contributed by atoms with Gasteiger partial charge >= 0.3 is 5.97 Å². The summed E-state index contributed by atoms with van der Waals surface area (Å²) in [7, 11) is 0. The van der Waals surface area contributed by atoms with Gasteiger partial charge in [-0.3, -0.25) is 9.69 Å².